The van der Waals surface area contributed by atoms with Gasteiger partial charge in [0.05, 0.1) is 0 Å². The van der Waals surface area contributed by atoms with Crippen LogP contribution in [0.2, 0.25) is 0 Å². The number of hydrogen-bond acceptors (Lipinski definition) is 1. The third-order valence-corrected chi connectivity index (χ3v) is 4.25. The molecule has 0 aromatic heterocycles. The summed E-state index contributed by atoms with van der Waals surface area (Å²) in [5, 5.41) is 3.50. The lowest BCUT2D eigenvalue weighted by Gasteiger charge is -2.25. The van der Waals surface area contributed by atoms with Crippen LogP contribution in [-0.4, -0.2) is 18.5 Å². The second-order valence-corrected chi connectivity index (χ2v) is 5.94. The lowest BCUT2D eigenvalue weighted by molar-refractivity contribution is 0.00310. The Morgan fingerprint density at radius 1 is 1.29 bits per heavy atom. The molecule has 0 saturated heterocycles. The molecule has 2 fully saturated rings. The van der Waals surface area contributed by atoms with Gasteiger partial charge in [0.25, 0.3) is 0 Å². The molecule has 0 bridgehead atoms. The predicted molar refractivity (Wildman–Crippen MR) is 66.3 cm³/mol. The SMILES string of the molecule is CCCNC(CCC1CC1)C1CCC(F)(F)C1. The highest BCUT2D eigenvalue weighted by atomic mass is 19.3. The first-order valence-corrected chi connectivity index (χ1v) is 7.22. The first kappa shape index (κ1) is 13.3. The summed E-state index contributed by atoms with van der Waals surface area (Å²) >= 11 is 0. The monoisotopic (exact) mass is 245 g/mol. The maximum Gasteiger partial charge on any atom is 0.248 e. The largest absolute Gasteiger partial charge is 0.314 e. The molecule has 100 valence electrons. The van der Waals surface area contributed by atoms with Crippen molar-refractivity contribution < 1.29 is 8.78 Å². The Balaban J connectivity index is 1.80. The molecule has 2 rings (SSSR count). The smallest absolute Gasteiger partial charge is 0.248 e. The lowest BCUT2D eigenvalue weighted by Crippen LogP contribution is -2.36. The van der Waals surface area contributed by atoms with Gasteiger partial charge in [0.2, 0.25) is 5.92 Å². The van der Waals surface area contributed by atoms with E-state index in [1.54, 1.807) is 0 Å². The van der Waals surface area contributed by atoms with Gasteiger partial charge in [-0.1, -0.05) is 19.8 Å². The highest BCUT2D eigenvalue weighted by Gasteiger charge is 2.42. The number of halogens is 2. The summed E-state index contributed by atoms with van der Waals surface area (Å²) in [5.74, 6) is -1.28. The van der Waals surface area contributed by atoms with Gasteiger partial charge in [-0.3, -0.25) is 0 Å². The van der Waals surface area contributed by atoms with Gasteiger partial charge in [-0.25, -0.2) is 8.78 Å². The Morgan fingerprint density at radius 3 is 2.59 bits per heavy atom. The first-order chi connectivity index (χ1) is 8.11. The molecule has 2 saturated carbocycles. The van der Waals surface area contributed by atoms with Crippen molar-refractivity contribution in [3.63, 3.8) is 0 Å². The zero-order valence-corrected chi connectivity index (χ0v) is 10.9. The molecule has 0 amide bonds. The van der Waals surface area contributed by atoms with Crippen molar-refractivity contribution in [1.82, 2.24) is 5.32 Å². The molecule has 2 aliphatic carbocycles. The van der Waals surface area contributed by atoms with Crippen LogP contribution < -0.4 is 5.32 Å². The second-order valence-electron chi connectivity index (χ2n) is 5.94. The van der Waals surface area contributed by atoms with E-state index >= 15 is 0 Å². The Labute approximate surface area is 103 Å². The Morgan fingerprint density at radius 2 is 2.06 bits per heavy atom. The molecule has 17 heavy (non-hydrogen) atoms. The van der Waals surface area contributed by atoms with E-state index in [0.29, 0.717) is 12.5 Å². The van der Waals surface area contributed by atoms with Gasteiger partial charge in [-0.05, 0) is 44.1 Å². The van der Waals surface area contributed by atoms with E-state index < -0.39 is 5.92 Å². The highest BCUT2D eigenvalue weighted by Crippen LogP contribution is 2.42. The summed E-state index contributed by atoms with van der Waals surface area (Å²) in [6.07, 6.45) is 7.07. The molecule has 0 spiro atoms. The second kappa shape index (κ2) is 5.64. The molecule has 0 heterocycles. The maximum atomic E-state index is 13.3. The van der Waals surface area contributed by atoms with Crippen LogP contribution in [0, 0.1) is 11.8 Å². The fourth-order valence-electron chi connectivity index (χ4n) is 2.98. The van der Waals surface area contributed by atoms with Crippen molar-refractivity contribution in [2.24, 2.45) is 11.8 Å². The van der Waals surface area contributed by atoms with E-state index in [2.05, 4.69) is 12.2 Å². The molecular formula is C14H25F2N. The summed E-state index contributed by atoms with van der Waals surface area (Å²) in [5.41, 5.74) is 0. The topological polar surface area (TPSA) is 12.0 Å². The summed E-state index contributed by atoms with van der Waals surface area (Å²) < 4.78 is 26.5. The summed E-state index contributed by atoms with van der Waals surface area (Å²) in [7, 11) is 0. The quantitative estimate of drug-likeness (QED) is 0.715. The molecule has 1 N–H and O–H groups in total. The summed E-state index contributed by atoms with van der Waals surface area (Å²) in [4.78, 5) is 0. The van der Waals surface area contributed by atoms with Crippen LogP contribution in [0.15, 0.2) is 0 Å². The van der Waals surface area contributed by atoms with Crippen molar-refractivity contribution in [1.29, 1.82) is 0 Å². The zero-order chi connectivity index (χ0) is 12.3. The fourth-order valence-corrected chi connectivity index (χ4v) is 2.98. The van der Waals surface area contributed by atoms with Gasteiger partial charge in [-0.2, -0.15) is 0 Å². The van der Waals surface area contributed by atoms with E-state index in [9.17, 15) is 8.78 Å². The van der Waals surface area contributed by atoms with Crippen LogP contribution in [-0.2, 0) is 0 Å². The van der Waals surface area contributed by atoms with E-state index in [1.807, 2.05) is 0 Å². The Bertz CT molecular complexity index is 238. The highest BCUT2D eigenvalue weighted by molar-refractivity contribution is 4.89. The Kier molecular flexibility index (Phi) is 4.40. The normalized spacial score (nSPS) is 29.5. The van der Waals surface area contributed by atoms with Crippen LogP contribution in [0.4, 0.5) is 8.78 Å². The minimum atomic E-state index is -2.39. The van der Waals surface area contributed by atoms with Gasteiger partial charge in [-0.15, -0.1) is 0 Å². The average Bonchev–Trinajstić information content (AvgIpc) is 3.03. The first-order valence-electron chi connectivity index (χ1n) is 7.22. The minimum absolute atomic E-state index is 0.103. The van der Waals surface area contributed by atoms with Gasteiger partial charge in [0, 0.05) is 18.9 Å². The number of alkyl halides is 2. The van der Waals surface area contributed by atoms with Crippen LogP contribution in [0.1, 0.15) is 58.3 Å². The predicted octanol–water partition coefficient (Wildman–Crippen LogP) is 3.98. The molecule has 0 radical (unpaired) electrons. The maximum absolute atomic E-state index is 13.3. The van der Waals surface area contributed by atoms with Crippen LogP contribution in [0.3, 0.4) is 0 Å². The third-order valence-electron chi connectivity index (χ3n) is 4.25. The fraction of sp³-hybridized carbons (Fsp3) is 1.00. The van der Waals surface area contributed by atoms with Crippen molar-refractivity contribution in [2.75, 3.05) is 6.54 Å². The van der Waals surface area contributed by atoms with E-state index in [4.69, 9.17) is 0 Å². The molecular weight excluding hydrogens is 220 g/mol. The standard InChI is InChI=1S/C14H25F2N/c1-2-9-17-13(6-5-11-3-4-11)12-7-8-14(15,16)10-12/h11-13,17H,2-10H2,1H3. The summed E-state index contributed by atoms with van der Waals surface area (Å²) in [6.45, 7) is 3.10. The third kappa shape index (κ3) is 4.20. The number of nitrogens with one attached hydrogen (secondary N) is 1. The van der Waals surface area contributed by atoms with Gasteiger partial charge in [0.1, 0.15) is 0 Å². The van der Waals surface area contributed by atoms with Gasteiger partial charge >= 0.3 is 0 Å². The Hall–Kier alpha value is -0.180. The molecule has 0 aromatic carbocycles. The van der Waals surface area contributed by atoms with Crippen molar-refractivity contribution in [2.45, 2.75) is 70.3 Å². The van der Waals surface area contributed by atoms with Gasteiger partial charge < -0.3 is 5.32 Å². The van der Waals surface area contributed by atoms with Crippen LogP contribution in [0.5, 0.6) is 0 Å². The number of rotatable bonds is 7. The molecule has 2 unspecified atom stereocenters. The molecule has 1 nitrogen and oxygen atoms in total. The van der Waals surface area contributed by atoms with E-state index in [0.717, 1.165) is 25.3 Å². The van der Waals surface area contributed by atoms with Crippen LogP contribution in [0.25, 0.3) is 0 Å². The molecule has 2 aliphatic rings. The van der Waals surface area contributed by atoms with Gasteiger partial charge in [0.15, 0.2) is 0 Å². The van der Waals surface area contributed by atoms with E-state index in [1.165, 1.54) is 19.3 Å². The lowest BCUT2D eigenvalue weighted by atomic mass is 9.93. The van der Waals surface area contributed by atoms with Crippen LogP contribution >= 0.6 is 0 Å². The zero-order valence-electron chi connectivity index (χ0n) is 10.9. The number of hydrogen-bond donors (Lipinski definition) is 1. The van der Waals surface area contributed by atoms with E-state index in [-0.39, 0.29) is 18.8 Å². The molecule has 0 aliphatic heterocycles. The summed E-state index contributed by atoms with van der Waals surface area (Å²) in [6, 6.07) is 0.337. The van der Waals surface area contributed by atoms with Crippen molar-refractivity contribution >= 4 is 0 Å². The van der Waals surface area contributed by atoms with Crippen molar-refractivity contribution in [3.8, 4) is 0 Å². The molecule has 0 aromatic rings. The average molecular weight is 245 g/mol. The van der Waals surface area contributed by atoms with Crippen molar-refractivity contribution in [3.05, 3.63) is 0 Å². The molecule has 2 atom stereocenters. The minimum Gasteiger partial charge on any atom is -0.314 e. The molecule has 3 heteroatoms.